The highest BCUT2D eigenvalue weighted by atomic mass is 35.5. The summed E-state index contributed by atoms with van der Waals surface area (Å²) in [4.78, 5) is 4.78. The molecule has 0 spiro atoms. The lowest BCUT2D eigenvalue weighted by molar-refractivity contribution is 0.214. The molecule has 3 rings (SSSR count). The van der Waals surface area contributed by atoms with Gasteiger partial charge in [0.2, 0.25) is 0 Å². The zero-order chi connectivity index (χ0) is 12.8. The highest BCUT2D eigenvalue weighted by Gasteiger charge is 2.67. The molecule has 1 heterocycles. The van der Waals surface area contributed by atoms with Crippen molar-refractivity contribution in [2.75, 3.05) is 20.2 Å². The summed E-state index contributed by atoms with van der Waals surface area (Å²) in [6.07, 6.45) is 1.91. The topological polar surface area (TPSA) is 33.6 Å². The molecule has 3 atom stereocenters. The molecule has 1 aromatic carbocycles. The molecule has 0 radical (unpaired) electrons. The van der Waals surface area contributed by atoms with Gasteiger partial charge in [0.05, 0.1) is 10.0 Å². The van der Waals surface area contributed by atoms with Gasteiger partial charge in [-0.1, -0.05) is 34.4 Å². The van der Waals surface area contributed by atoms with Gasteiger partial charge in [0.1, 0.15) is 7.11 Å². The Hall–Kier alpha value is -0.770. The van der Waals surface area contributed by atoms with Crippen LogP contribution in [-0.2, 0) is 10.3 Å². The van der Waals surface area contributed by atoms with Gasteiger partial charge in [-0.15, -0.1) is 0 Å². The molecule has 1 saturated heterocycles. The van der Waals surface area contributed by atoms with Crippen LogP contribution in [0.2, 0.25) is 10.0 Å². The highest BCUT2D eigenvalue weighted by molar-refractivity contribution is 6.42. The summed E-state index contributed by atoms with van der Waals surface area (Å²) in [6.45, 7) is 1.97. The zero-order valence-electron chi connectivity index (χ0n) is 9.99. The first-order chi connectivity index (χ1) is 8.70. The predicted octanol–water partition coefficient (Wildman–Crippen LogP) is 2.71. The Morgan fingerprint density at radius 1 is 1.44 bits per heavy atom. The van der Waals surface area contributed by atoms with Crippen molar-refractivity contribution in [2.45, 2.75) is 5.41 Å². The van der Waals surface area contributed by atoms with Crippen molar-refractivity contribution in [1.82, 2.24) is 5.32 Å². The molecule has 2 aliphatic rings. The molecule has 1 aliphatic heterocycles. The van der Waals surface area contributed by atoms with Crippen LogP contribution in [-0.4, -0.2) is 26.4 Å². The molecule has 96 valence electrons. The third kappa shape index (κ3) is 1.65. The molecule has 3 unspecified atom stereocenters. The van der Waals surface area contributed by atoms with Crippen LogP contribution in [0.25, 0.3) is 0 Å². The van der Waals surface area contributed by atoms with Crippen molar-refractivity contribution in [3.63, 3.8) is 0 Å². The van der Waals surface area contributed by atoms with Gasteiger partial charge in [0.15, 0.2) is 0 Å². The molecule has 3 nitrogen and oxygen atoms in total. The first-order valence-electron chi connectivity index (χ1n) is 5.93. The number of nitrogens with zero attached hydrogens (tertiary/aromatic N) is 1. The van der Waals surface area contributed by atoms with Gasteiger partial charge in [0.25, 0.3) is 0 Å². The molecule has 0 amide bonds. The second kappa shape index (κ2) is 4.41. The van der Waals surface area contributed by atoms with Gasteiger partial charge in [-0.3, -0.25) is 0 Å². The summed E-state index contributed by atoms with van der Waals surface area (Å²) >= 11 is 12.1. The molecule has 5 heteroatoms. The van der Waals surface area contributed by atoms with E-state index in [0.29, 0.717) is 21.9 Å². The van der Waals surface area contributed by atoms with E-state index in [1.165, 1.54) is 5.56 Å². The van der Waals surface area contributed by atoms with Gasteiger partial charge < -0.3 is 10.2 Å². The summed E-state index contributed by atoms with van der Waals surface area (Å²) < 4.78 is 0. The van der Waals surface area contributed by atoms with Gasteiger partial charge >= 0.3 is 0 Å². The van der Waals surface area contributed by atoms with Crippen LogP contribution < -0.4 is 5.32 Å². The van der Waals surface area contributed by atoms with Crippen LogP contribution in [0, 0.1) is 11.8 Å². The van der Waals surface area contributed by atoms with E-state index < -0.39 is 0 Å². The Bertz CT molecular complexity index is 506. The van der Waals surface area contributed by atoms with E-state index in [0.717, 1.165) is 13.1 Å². The summed E-state index contributed by atoms with van der Waals surface area (Å²) in [6, 6.07) is 5.91. The average Bonchev–Trinajstić information content (AvgIpc) is 2.77. The summed E-state index contributed by atoms with van der Waals surface area (Å²) in [5.41, 5.74) is 1.36. The van der Waals surface area contributed by atoms with E-state index in [2.05, 4.69) is 16.5 Å². The van der Waals surface area contributed by atoms with E-state index in [1.54, 1.807) is 7.11 Å². The monoisotopic (exact) mass is 284 g/mol. The molecular weight excluding hydrogens is 271 g/mol. The Labute approximate surface area is 116 Å². The van der Waals surface area contributed by atoms with Crippen LogP contribution in [0.3, 0.4) is 0 Å². The molecule has 2 fully saturated rings. The first kappa shape index (κ1) is 12.3. The maximum Gasteiger partial charge on any atom is 0.106 e. The van der Waals surface area contributed by atoms with Crippen molar-refractivity contribution in [2.24, 2.45) is 17.0 Å². The second-order valence-electron chi connectivity index (χ2n) is 4.87. The molecule has 1 aromatic rings. The van der Waals surface area contributed by atoms with Crippen LogP contribution >= 0.6 is 23.2 Å². The molecule has 0 bridgehead atoms. The molecule has 0 aromatic heterocycles. The standard InChI is InChI=1S/C13H14Cl2N2O/c1-18-17-6-10-9-5-16-7-13(9,10)8-2-3-11(14)12(15)4-8/h2-4,6,9-10,16H,5,7H2,1H3/b17-6+. The number of fused-ring (bicyclic) bond motifs is 1. The molecule has 18 heavy (non-hydrogen) atoms. The predicted molar refractivity (Wildman–Crippen MR) is 73.5 cm³/mol. The normalized spacial score (nSPS) is 33.7. The Morgan fingerprint density at radius 3 is 3.00 bits per heavy atom. The van der Waals surface area contributed by atoms with Crippen molar-refractivity contribution in [3.8, 4) is 0 Å². The van der Waals surface area contributed by atoms with Crippen molar-refractivity contribution in [3.05, 3.63) is 33.8 Å². The number of halogens is 2. The lowest BCUT2D eigenvalue weighted by atomic mass is 9.93. The smallest absolute Gasteiger partial charge is 0.106 e. The number of hydrogen-bond acceptors (Lipinski definition) is 3. The van der Waals surface area contributed by atoms with Crippen LogP contribution in [0.4, 0.5) is 0 Å². The van der Waals surface area contributed by atoms with Crippen LogP contribution in [0.1, 0.15) is 5.56 Å². The Morgan fingerprint density at radius 2 is 2.28 bits per heavy atom. The lowest BCUT2D eigenvalue weighted by Crippen LogP contribution is -2.24. The van der Waals surface area contributed by atoms with E-state index >= 15 is 0 Å². The lowest BCUT2D eigenvalue weighted by Gasteiger charge is -2.15. The zero-order valence-corrected chi connectivity index (χ0v) is 11.5. The van der Waals surface area contributed by atoms with E-state index in [1.807, 2.05) is 18.3 Å². The fourth-order valence-corrected chi connectivity index (χ4v) is 3.50. The van der Waals surface area contributed by atoms with Crippen molar-refractivity contribution >= 4 is 29.4 Å². The minimum atomic E-state index is 0.121. The minimum Gasteiger partial charge on any atom is -0.399 e. The quantitative estimate of drug-likeness (QED) is 0.684. The fraction of sp³-hybridized carbons (Fsp3) is 0.462. The SMILES string of the molecule is CO/N=C/C1C2CNCC12c1ccc(Cl)c(Cl)c1. The van der Waals surface area contributed by atoms with Gasteiger partial charge in [-0.05, 0) is 30.2 Å². The average molecular weight is 285 g/mol. The number of nitrogens with one attached hydrogen (secondary N) is 1. The first-order valence-corrected chi connectivity index (χ1v) is 6.68. The Balaban J connectivity index is 1.94. The molecule has 1 N–H and O–H groups in total. The van der Waals surface area contributed by atoms with Gasteiger partial charge in [0, 0.05) is 24.1 Å². The number of oxime groups is 1. The van der Waals surface area contributed by atoms with Crippen molar-refractivity contribution < 1.29 is 4.84 Å². The third-order valence-corrected chi connectivity index (χ3v) is 4.89. The summed E-state index contributed by atoms with van der Waals surface area (Å²) in [5, 5.41) is 8.55. The molecule has 1 aliphatic carbocycles. The van der Waals surface area contributed by atoms with Gasteiger partial charge in [-0.2, -0.15) is 0 Å². The number of piperidine rings is 1. The largest absolute Gasteiger partial charge is 0.399 e. The molecule has 1 saturated carbocycles. The second-order valence-corrected chi connectivity index (χ2v) is 5.68. The van der Waals surface area contributed by atoms with Crippen LogP contribution in [0.15, 0.2) is 23.4 Å². The minimum absolute atomic E-state index is 0.121. The summed E-state index contributed by atoms with van der Waals surface area (Å²) in [5.74, 6) is 1.00. The maximum absolute atomic E-state index is 6.11. The van der Waals surface area contributed by atoms with E-state index in [4.69, 9.17) is 28.0 Å². The maximum atomic E-state index is 6.11. The number of rotatable bonds is 3. The van der Waals surface area contributed by atoms with E-state index in [9.17, 15) is 0 Å². The number of hydrogen-bond donors (Lipinski definition) is 1. The van der Waals surface area contributed by atoms with E-state index in [-0.39, 0.29) is 5.41 Å². The Kier molecular flexibility index (Phi) is 3.00. The molecular formula is C13H14Cl2N2O. The summed E-state index contributed by atoms with van der Waals surface area (Å²) in [7, 11) is 1.57. The highest BCUT2D eigenvalue weighted by Crippen LogP contribution is 2.61. The fourth-order valence-electron chi connectivity index (χ4n) is 3.20. The third-order valence-electron chi connectivity index (χ3n) is 4.15. The van der Waals surface area contributed by atoms with Crippen LogP contribution in [0.5, 0.6) is 0 Å². The van der Waals surface area contributed by atoms with Gasteiger partial charge in [-0.25, -0.2) is 0 Å². The van der Waals surface area contributed by atoms with Crippen molar-refractivity contribution in [1.29, 1.82) is 0 Å². The number of benzene rings is 1.